The molecule has 130 valence electrons. The summed E-state index contributed by atoms with van der Waals surface area (Å²) in [5, 5.41) is 12.6. The SMILES string of the molecule is Cc1cc(N2CC(C(=O)NC3CCC(O)CC3)CC2=O)ccc1Br. The fraction of sp³-hybridized carbons (Fsp3) is 0.556. The lowest BCUT2D eigenvalue weighted by Crippen LogP contribution is -2.42. The first-order valence-electron chi connectivity index (χ1n) is 8.49. The molecular formula is C18H23BrN2O3. The number of hydrogen-bond donors (Lipinski definition) is 2. The van der Waals surface area contributed by atoms with Crippen molar-refractivity contribution in [1.82, 2.24) is 5.32 Å². The second-order valence-electron chi connectivity index (χ2n) is 6.85. The van der Waals surface area contributed by atoms with Gasteiger partial charge in [-0.1, -0.05) is 15.9 Å². The minimum Gasteiger partial charge on any atom is -0.393 e. The minimum atomic E-state index is -0.298. The van der Waals surface area contributed by atoms with Crippen molar-refractivity contribution in [3.63, 3.8) is 0 Å². The molecule has 1 saturated carbocycles. The van der Waals surface area contributed by atoms with E-state index in [0.29, 0.717) is 6.54 Å². The van der Waals surface area contributed by atoms with E-state index in [2.05, 4.69) is 21.2 Å². The average Bonchev–Trinajstić information content (AvgIpc) is 2.94. The highest BCUT2D eigenvalue weighted by Gasteiger charge is 2.36. The Morgan fingerprint density at radius 1 is 1.29 bits per heavy atom. The van der Waals surface area contributed by atoms with Crippen LogP contribution in [-0.2, 0) is 9.59 Å². The summed E-state index contributed by atoms with van der Waals surface area (Å²) in [6, 6.07) is 5.92. The van der Waals surface area contributed by atoms with Crippen LogP contribution in [-0.4, -0.2) is 35.6 Å². The summed E-state index contributed by atoms with van der Waals surface area (Å²) >= 11 is 3.46. The lowest BCUT2D eigenvalue weighted by molar-refractivity contribution is -0.127. The number of aliphatic hydroxyl groups is 1. The normalized spacial score (nSPS) is 27.4. The average molecular weight is 395 g/mol. The van der Waals surface area contributed by atoms with E-state index in [0.717, 1.165) is 41.4 Å². The van der Waals surface area contributed by atoms with E-state index < -0.39 is 0 Å². The van der Waals surface area contributed by atoms with Crippen molar-refractivity contribution in [2.75, 3.05) is 11.4 Å². The van der Waals surface area contributed by atoms with E-state index in [9.17, 15) is 14.7 Å². The standard InChI is InChI=1S/C18H23BrN2O3/c1-11-8-14(4-7-16(11)19)21-10-12(9-17(21)23)18(24)20-13-2-5-15(22)6-3-13/h4,7-8,12-13,15,22H,2-3,5-6,9-10H2,1H3,(H,20,24). The van der Waals surface area contributed by atoms with Crippen LogP contribution in [0.4, 0.5) is 5.69 Å². The molecular weight excluding hydrogens is 372 g/mol. The largest absolute Gasteiger partial charge is 0.393 e. The van der Waals surface area contributed by atoms with Crippen molar-refractivity contribution in [3.8, 4) is 0 Å². The molecule has 1 aromatic rings. The van der Waals surface area contributed by atoms with E-state index in [1.807, 2.05) is 25.1 Å². The number of halogens is 1. The van der Waals surface area contributed by atoms with E-state index in [-0.39, 0.29) is 36.3 Å². The van der Waals surface area contributed by atoms with Gasteiger partial charge < -0.3 is 15.3 Å². The smallest absolute Gasteiger partial charge is 0.227 e. The van der Waals surface area contributed by atoms with Gasteiger partial charge in [0.05, 0.1) is 12.0 Å². The predicted molar refractivity (Wildman–Crippen MR) is 95.7 cm³/mol. The minimum absolute atomic E-state index is 0.00376. The summed E-state index contributed by atoms with van der Waals surface area (Å²) in [6.07, 6.45) is 3.11. The molecule has 0 aromatic heterocycles. The van der Waals surface area contributed by atoms with Gasteiger partial charge >= 0.3 is 0 Å². The number of hydrogen-bond acceptors (Lipinski definition) is 3. The van der Waals surface area contributed by atoms with Gasteiger partial charge in [-0.3, -0.25) is 9.59 Å². The zero-order valence-corrected chi connectivity index (χ0v) is 15.4. The maximum Gasteiger partial charge on any atom is 0.227 e. The Balaban J connectivity index is 1.61. The van der Waals surface area contributed by atoms with Crippen molar-refractivity contribution in [1.29, 1.82) is 0 Å². The van der Waals surface area contributed by atoms with Crippen molar-refractivity contribution < 1.29 is 14.7 Å². The van der Waals surface area contributed by atoms with Gasteiger partial charge in [-0.2, -0.15) is 0 Å². The Bertz CT molecular complexity index is 641. The fourth-order valence-corrected chi connectivity index (χ4v) is 3.72. The van der Waals surface area contributed by atoms with Gasteiger partial charge in [-0.05, 0) is 56.4 Å². The number of amides is 2. The maximum atomic E-state index is 12.5. The molecule has 24 heavy (non-hydrogen) atoms. The van der Waals surface area contributed by atoms with Crippen molar-refractivity contribution in [3.05, 3.63) is 28.2 Å². The van der Waals surface area contributed by atoms with Crippen LogP contribution in [0.2, 0.25) is 0 Å². The third-order valence-electron chi connectivity index (χ3n) is 4.99. The Kier molecular flexibility index (Phi) is 5.25. The van der Waals surface area contributed by atoms with Gasteiger partial charge in [0.2, 0.25) is 11.8 Å². The molecule has 2 fully saturated rings. The highest BCUT2D eigenvalue weighted by molar-refractivity contribution is 9.10. The molecule has 2 N–H and O–H groups in total. The second-order valence-corrected chi connectivity index (χ2v) is 7.71. The number of carbonyl (C=O) groups excluding carboxylic acids is 2. The Labute approximate surface area is 150 Å². The molecule has 1 aliphatic heterocycles. The first-order chi connectivity index (χ1) is 11.4. The number of benzene rings is 1. The molecule has 5 nitrogen and oxygen atoms in total. The van der Waals surface area contributed by atoms with E-state index in [4.69, 9.17) is 0 Å². The van der Waals surface area contributed by atoms with Gasteiger partial charge in [0, 0.05) is 29.2 Å². The summed E-state index contributed by atoms with van der Waals surface area (Å²) in [4.78, 5) is 26.5. The third kappa shape index (κ3) is 3.81. The number of anilines is 1. The third-order valence-corrected chi connectivity index (χ3v) is 5.88. The summed E-state index contributed by atoms with van der Waals surface area (Å²) in [6.45, 7) is 2.41. The monoisotopic (exact) mass is 394 g/mol. The van der Waals surface area contributed by atoms with E-state index in [1.165, 1.54) is 0 Å². The van der Waals surface area contributed by atoms with Crippen LogP contribution in [0.25, 0.3) is 0 Å². The summed E-state index contributed by atoms with van der Waals surface area (Å²) < 4.78 is 1.01. The zero-order valence-electron chi connectivity index (χ0n) is 13.8. The molecule has 2 amide bonds. The predicted octanol–water partition coefficient (Wildman–Crippen LogP) is 2.53. The van der Waals surface area contributed by atoms with Crippen LogP contribution < -0.4 is 10.2 Å². The van der Waals surface area contributed by atoms with Gasteiger partial charge in [-0.15, -0.1) is 0 Å². The van der Waals surface area contributed by atoms with Gasteiger partial charge in [0.1, 0.15) is 0 Å². The molecule has 1 aromatic carbocycles. The number of aliphatic hydroxyl groups excluding tert-OH is 1. The van der Waals surface area contributed by atoms with Crippen LogP contribution >= 0.6 is 15.9 Å². The molecule has 1 unspecified atom stereocenters. The van der Waals surface area contributed by atoms with Crippen LogP contribution in [0.1, 0.15) is 37.7 Å². The number of aryl methyl sites for hydroxylation is 1. The molecule has 1 heterocycles. The molecule has 3 rings (SSSR count). The molecule has 1 atom stereocenters. The van der Waals surface area contributed by atoms with Crippen LogP contribution in [0.3, 0.4) is 0 Å². The van der Waals surface area contributed by atoms with Crippen LogP contribution in [0, 0.1) is 12.8 Å². The molecule has 1 aliphatic carbocycles. The van der Waals surface area contributed by atoms with Gasteiger partial charge in [0.15, 0.2) is 0 Å². The maximum absolute atomic E-state index is 12.5. The molecule has 6 heteroatoms. The number of carbonyl (C=O) groups is 2. The molecule has 2 aliphatic rings. The Morgan fingerprint density at radius 3 is 2.67 bits per heavy atom. The molecule has 0 radical (unpaired) electrons. The summed E-state index contributed by atoms with van der Waals surface area (Å²) in [5.41, 5.74) is 1.91. The lowest BCUT2D eigenvalue weighted by Gasteiger charge is -2.27. The van der Waals surface area contributed by atoms with Crippen molar-refractivity contribution in [2.45, 2.75) is 51.2 Å². The number of rotatable bonds is 3. The molecule has 0 spiro atoms. The number of nitrogens with one attached hydrogen (secondary N) is 1. The fourth-order valence-electron chi connectivity index (χ4n) is 3.47. The molecule has 0 bridgehead atoms. The van der Waals surface area contributed by atoms with E-state index >= 15 is 0 Å². The quantitative estimate of drug-likeness (QED) is 0.827. The van der Waals surface area contributed by atoms with Crippen molar-refractivity contribution in [2.24, 2.45) is 5.92 Å². The summed E-state index contributed by atoms with van der Waals surface area (Å²) in [7, 11) is 0. The van der Waals surface area contributed by atoms with Crippen LogP contribution in [0.5, 0.6) is 0 Å². The summed E-state index contributed by atoms with van der Waals surface area (Å²) in [5.74, 6) is -0.342. The van der Waals surface area contributed by atoms with Gasteiger partial charge in [-0.25, -0.2) is 0 Å². The first-order valence-corrected chi connectivity index (χ1v) is 9.28. The Morgan fingerprint density at radius 2 is 2.00 bits per heavy atom. The van der Waals surface area contributed by atoms with Crippen molar-refractivity contribution >= 4 is 33.4 Å². The number of nitrogens with zero attached hydrogens (tertiary/aromatic N) is 1. The topological polar surface area (TPSA) is 69.6 Å². The highest BCUT2D eigenvalue weighted by Crippen LogP contribution is 2.29. The lowest BCUT2D eigenvalue weighted by atomic mass is 9.92. The van der Waals surface area contributed by atoms with E-state index in [1.54, 1.807) is 4.90 Å². The Hall–Kier alpha value is -1.40. The zero-order chi connectivity index (χ0) is 17.3. The van der Waals surface area contributed by atoms with Gasteiger partial charge in [0.25, 0.3) is 0 Å². The highest BCUT2D eigenvalue weighted by atomic mass is 79.9. The van der Waals surface area contributed by atoms with Crippen LogP contribution in [0.15, 0.2) is 22.7 Å². The first kappa shape index (κ1) is 17.4. The second kappa shape index (κ2) is 7.23. The molecule has 1 saturated heterocycles.